The molecular weight excluding hydrogens is 461 g/mol. The first-order valence-corrected chi connectivity index (χ1v) is 10.3. The quantitative estimate of drug-likeness (QED) is 0.411. The van der Waals surface area contributed by atoms with Crippen molar-refractivity contribution in [1.82, 2.24) is 5.32 Å². The summed E-state index contributed by atoms with van der Waals surface area (Å²) < 4.78 is 23.1. The number of hydrogen-bond donors (Lipinski definition) is 1. The number of para-hydroxylation sites is 1. The number of nitrogens with zero attached hydrogens (tertiary/aromatic N) is 2. The van der Waals surface area contributed by atoms with Crippen LogP contribution in [0.3, 0.4) is 0 Å². The molecule has 1 aliphatic rings. The first-order chi connectivity index (χ1) is 12.0. The van der Waals surface area contributed by atoms with E-state index in [1.165, 1.54) is 17.5 Å². The molecule has 1 heterocycles. The maximum Gasteiger partial charge on any atom is 0.198 e. The highest BCUT2D eigenvalue weighted by Crippen LogP contribution is 2.27. The van der Waals surface area contributed by atoms with Crippen LogP contribution in [0.2, 0.25) is 0 Å². The van der Waals surface area contributed by atoms with E-state index < -0.39 is 9.84 Å². The van der Waals surface area contributed by atoms with Crippen LogP contribution in [0.25, 0.3) is 0 Å². The molecule has 0 fully saturated rings. The second-order valence-corrected chi connectivity index (χ2v) is 8.13. The summed E-state index contributed by atoms with van der Waals surface area (Å²) >= 11 is 0. The Bertz CT molecular complexity index is 880. The summed E-state index contributed by atoms with van der Waals surface area (Å²) in [5.41, 5.74) is 3.52. The van der Waals surface area contributed by atoms with Crippen LogP contribution in [0.15, 0.2) is 58.4 Å². The van der Waals surface area contributed by atoms with Crippen LogP contribution in [-0.4, -0.2) is 33.7 Å². The molecule has 1 aliphatic heterocycles. The van der Waals surface area contributed by atoms with E-state index in [-0.39, 0.29) is 24.0 Å². The molecule has 26 heavy (non-hydrogen) atoms. The summed E-state index contributed by atoms with van der Waals surface area (Å²) in [5, 5.41) is 3.35. The lowest BCUT2D eigenvalue weighted by atomic mass is 10.2. The normalized spacial score (nSPS) is 13.9. The van der Waals surface area contributed by atoms with Crippen molar-refractivity contribution in [3.63, 3.8) is 0 Å². The zero-order chi connectivity index (χ0) is 17.9. The molecule has 0 radical (unpaired) electrons. The maximum absolute atomic E-state index is 11.5. The molecule has 140 valence electrons. The van der Waals surface area contributed by atoms with E-state index in [0.717, 1.165) is 31.0 Å². The van der Waals surface area contributed by atoms with Gasteiger partial charge in [-0.05, 0) is 42.7 Å². The molecule has 0 atom stereocenters. The lowest BCUT2D eigenvalue weighted by molar-refractivity contribution is 0.602. The maximum atomic E-state index is 11.5. The molecule has 0 bridgehead atoms. The van der Waals surface area contributed by atoms with Crippen molar-refractivity contribution < 1.29 is 8.42 Å². The predicted octanol–water partition coefficient (Wildman–Crippen LogP) is 3.24. The van der Waals surface area contributed by atoms with E-state index >= 15 is 0 Å². The third kappa shape index (κ3) is 4.76. The number of sulfone groups is 1. The lowest BCUT2D eigenvalue weighted by Gasteiger charge is -2.22. The molecule has 0 aromatic heterocycles. The Balaban J connectivity index is 0.00000243. The zero-order valence-electron chi connectivity index (χ0n) is 15.0. The Morgan fingerprint density at radius 1 is 1.15 bits per heavy atom. The Labute approximate surface area is 172 Å². The minimum atomic E-state index is -3.16. The smallest absolute Gasteiger partial charge is 0.198 e. The largest absolute Gasteiger partial charge is 0.356 e. The predicted molar refractivity (Wildman–Crippen MR) is 117 cm³/mol. The van der Waals surface area contributed by atoms with Gasteiger partial charge in [-0.25, -0.2) is 13.4 Å². The first kappa shape index (κ1) is 20.7. The van der Waals surface area contributed by atoms with Crippen LogP contribution in [0.4, 0.5) is 5.69 Å². The summed E-state index contributed by atoms with van der Waals surface area (Å²) in [5.74, 6) is 0.861. The van der Waals surface area contributed by atoms with Crippen LogP contribution in [0, 0.1) is 0 Å². The summed E-state index contributed by atoms with van der Waals surface area (Å²) in [6.45, 7) is 4.27. The van der Waals surface area contributed by atoms with Crippen LogP contribution in [0.5, 0.6) is 0 Å². The molecule has 2 aromatic rings. The number of anilines is 1. The fourth-order valence-corrected chi connectivity index (χ4v) is 3.59. The Morgan fingerprint density at radius 3 is 2.50 bits per heavy atom. The molecule has 0 unspecified atom stereocenters. The number of guanidine groups is 1. The highest BCUT2D eigenvalue weighted by molar-refractivity contribution is 14.0. The van der Waals surface area contributed by atoms with E-state index in [2.05, 4.69) is 35.3 Å². The van der Waals surface area contributed by atoms with Gasteiger partial charge >= 0.3 is 0 Å². The monoisotopic (exact) mass is 485 g/mol. The molecule has 0 amide bonds. The molecule has 0 aliphatic carbocycles. The fourth-order valence-electron chi connectivity index (χ4n) is 2.96. The van der Waals surface area contributed by atoms with E-state index in [4.69, 9.17) is 4.99 Å². The number of aliphatic imine (C=N–C) groups is 1. The number of rotatable bonds is 4. The van der Waals surface area contributed by atoms with E-state index in [9.17, 15) is 8.42 Å². The number of benzene rings is 2. The number of halogens is 1. The zero-order valence-corrected chi connectivity index (χ0v) is 18.1. The number of nitrogens with one attached hydrogen (secondary N) is 1. The van der Waals surface area contributed by atoms with Gasteiger partial charge in [-0.15, -0.1) is 24.0 Å². The average molecular weight is 485 g/mol. The topological polar surface area (TPSA) is 61.8 Å². The molecule has 5 nitrogen and oxygen atoms in total. The molecule has 3 rings (SSSR count). The van der Waals surface area contributed by atoms with E-state index in [1.54, 1.807) is 12.1 Å². The molecule has 0 saturated carbocycles. The van der Waals surface area contributed by atoms with Crippen molar-refractivity contribution in [3.05, 3.63) is 59.7 Å². The van der Waals surface area contributed by atoms with Crippen molar-refractivity contribution in [2.45, 2.75) is 24.8 Å². The van der Waals surface area contributed by atoms with Crippen molar-refractivity contribution >= 4 is 45.5 Å². The van der Waals surface area contributed by atoms with Crippen LogP contribution in [-0.2, 0) is 22.8 Å². The number of hydrogen-bond acceptors (Lipinski definition) is 3. The second kappa shape index (κ2) is 8.85. The van der Waals surface area contributed by atoms with Gasteiger partial charge in [0.1, 0.15) is 0 Å². The first-order valence-electron chi connectivity index (χ1n) is 8.42. The Kier molecular flexibility index (Phi) is 7.05. The highest BCUT2D eigenvalue weighted by Gasteiger charge is 2.22. The van der Waals surface area contributed by atoms with E-state index in [1.807, 2.05) is 18.2 Å². The standard InChI is InChI=1S/C19H23N3O2S.HI/c1-3-20-19(22-13-12-16-6-4-5-7-18(16)22)21-14-15-8-10-17(11-9-15)25(2,23)24;/h4-11H,3,12-14H2,1-2H3,(H,20,21);1H. The molecule has 0 saturated heterocycles. The van der Waals surface area contributed by atoms with Crippen molar-refractivity contribution in [3.8, 4) is 0 Å². The number of fused-ring (bicyclic) bond motifs is 1. The van der Waals surface area contributed by atoms with E-state index in [0.29, 0.717) is 11.4 Å². The molecular formula is C19H24IN3O2S. The third-order valence-corrected chi connectivity index (χ3v) is 5.37. The Hall–Kier alpha value is -1.61. The summed E-state index contributed by atoms with van der Waals surface area (Å²) in [6, 6.07) is 15.3. The summed E-state index contributed by atoms with van der Waals surface area (Å²) in [7, 11) is -3.16. The van der Waals surface area contributed by atoms with Gasteiger partial charge in [0.15, 0.2) is 15.8 Å². The molecule has 1 N–H and O–H groups in total. The van der Waals surface area contributed by atoms with Gasteiger partial charge in [0.25, 0.3) is 0 Å². The minimum Gasteiger partial charge on any atom is -0.356 e. The van der Waals surface area contributed by atoms with Gasteiger partial charge < -0.3 is 10.2 Å². The van der Waals surface area contributed by atoms with Crippen LogP contribution >= 0.6 is 24.0 Å². The van der Waals surface area contributed by atoms with Crippen molar-refractivity contribution in [2.75, 3.05) is 24.2 Å². The van der Waals surface area contributed by atoms with Gasteiger partial charge in [-0.3, -0.25) is 0 Å². The third-order valence-electron chi connectivity index (χ3n) is 4.24. The molecule has 7 heteroatoms. The SMILES string of the molecule is CCNC(=NCc1ccc(S(C)(=O)=O)cc1)N1CCc2ccccc21.I. The second-order valence-electron chi connectivity index (χ2n) is 6.12. The average Bonchev–Trinajstić information content (AvgIpc) is 3.02. The fraction of sp³-hybridized carbons (Fsp3) is 0.316. The van der Waals surface area contributed by atoms with Gasteiger partial charge in [-0.1, -0.05) is 30.3 Å². The van der Waals surface area contributed by atoms with Crippen LogP contribution in [0.1, 0.15) is 18.1 Å². The minimum absolute atomic E-state index is 0. The summed E-state index contributed by atoms with van der Waals surface area (Å²) in [4.78, 5) is 7.28. The molecule has 0 spiro atoms. The molecule has 2 aromatic carbocycles. The summed E-state index contributed by atoms with van der Waals surface area (Å²) in [6.07, 6.45) is 2.23. The van der Waals surface area contributed by atoms with Gasteiger partial charge in [-0.2, -0.15) is 0 Å². The lowest BCUT2D eigenvalue weighted by Crippen LogP contribution is -2.40. The van der Waals surface area contributed by atoms with Crippen molar-refractivity contribution in [2.24, 2.45) is 4.99 Å². The van der Waals surface area contributed by atoms with Gasteiger partial charge in [0.2, 0.25) is 0 Å². The Morgan fingerprint density at radius 2 is 1.85 bits per heavy atom. The van der Waals surface area contributed by atoms with Gasteiger partial charge in [0, 0.05) is 25.0 Å². The van der Waals surface area contributed by atoms with Gasteiger partial charge in [0.05, 0.1) is 11.4 Å². The van der Waals surface area contributed by atoms with Crippen molar-refractivity contribution in [1.29, 1.82) is 0 Å². The highest BCUT2D eigenvalue weighted by atomic mass is 127. The van der Waals surface area contributed by atoms with Crippen LogP contribution < -0.4 is 10.2 Å².